The Morgan fingerprint density at radius 1 is 1.22 bits per heavy atom. The summed E-state index contributed by atoms with van der Waals surface area (Å²) in [6, 6.07) is 8.47. The molecule has 0 aliphatic carbocycles. The van der Waals surface area contributed by atoms with Crippen LogP contribution in [0.5, 0.6) is 0 Å². The summed E-state index contributed by atoms with van der Waals surface area (Å²) in [4.78, 5) is 14.8. The molecular formula is C15H19ClN6O. The van der Waals surface area contributed by atoms with Gasteiger partial charge in [0.1, 0.15) is 6.33 Å². The van der Waals surface area contributed by atoms with Crippen molar-refractivity contribution in [1.82, 2.24) is 30.4 Å². The van der Waals surface area contributed by atoms with E-state index in [0.29, 0.717) is 17.6 Å². The van der Waals surface area contributed by atoms with Crippen molar-refractivity contribution >= 4 is 18.3 Å². The Balaban J connectivity index is 0.00000156. The first-order valence-corrected chi connectivity index (χ1v) is 7.68. The van der Waals surface area contributed by atoms with Gasteiger partial charge in [-0.3, -0.25) is 4.79 Å². The van der Waals surface area contributed by atoms with Crippen LogP contribution >= 0.6 is 12.4 Å². The van der Waals surface area contributed by atoms with Crippen LogP contribution in [0.15, 0.2) is 30.6 Å². The summed E-state index contributed by atoms with van der Waals surface area (Å²) in [5, 5.41) is 14.7. The number of nitrogens with one attached hydrogen (secondary N) is 1. The Bertz CT molecular complexity index is 676. The van der Waals surface area contributed by atoms with Crippen LogP contribution in [-0.4, -0.2) is 56.2 Å². The molecule has 122 valence electrons. The van der Waals surface area contributed by atoms with Crippen molar-refractivity contribution in [3.8, 4) is 5.69 Å². The summed E-state index contributed by atoms with van der Waals surface area (Å²) in [5.74, 6) is 0.0873. The summed E-state index contributed by atoms with van der Waals surface area (Å²) in [6.45, 7) is 1.62. The number of carbonyl (C=O) groups is 1. The predicted octanol–water partition coefficient (Wildman–Crippen LogP) is 1.05. The Morgan fingerprint density at radius 3 is 2.91 bits per heavy atom. The third kappa shape index (κ3) is 3.20. The highest BCUT2D eigenvalue weighted by molar-refractivity contribution is 5.94. The number of halogens is 1. The third-order valence-corrected chi connectivity index (χ3v) is 4.52. The van der Waals surface area contributed by atoms with Gasteiger partial charge < -0.3 is 10.2 Å². The SMILES string of the molecule is Cl.O=C(c1cccc(-n2cnnn2)c1)N1CCC2CCC(C1)N2. The number of rotatable bonds is 2. The first kappa shape index (κ1) is 15.9. The maximum atomic E-state index is 12.8. The highest BCUT2D eigenvalue weighted by Crippen LogP contribution is 2.22. The van der Waals surface area contributed by atoms with E-state index in [2.05, 4.69) is 20.8 Å². The third-order valence-electron chi connectivity index (χ3n) is 4.52. The van der Waals surface area contributed by atoms with Gasteiger partial charge in [-0.25, -0.2) is 4.68 Å². The fraction of sp³-hybridized carbons (Fsp3) is 0.467. The van der Waals surface area contributed by atoms with Crippen LogP contribution in [0.3, 0.4) is 0 Å². The molecule has 1 N–H and O–H groups in total. The smallest absolute Gasteiger partial charge is 0.253 e. The van der Waals surface area contributed by atoms with Gasteiger partial charge in [0.05, 0.1) is 5.69 Å². The molecule has 2 saturated heterocycles. The summed E-state index contributed by atoms with van der Waals surface area (Å²) >= 11 is 0. The fourth-order valence-corrected chi connectivity index (χ4v) is 3.37. The summed E-state index contributed by atoms with van der Waals surface area (Å²) in [5.41, 5.74) is 1.48. The zero-order chi connectivity index (χ0) is 14.9. The molecule has 0 spiro atoms. The van der Waals surface area contributed by atoms with E-state index in [-0.39, 0.29) is 18.3 Å². The molecule has 23 heavy (non-hydrogen) atoms. The standard InChI is InChI=1S/C15H18N6O.ClH/c22-15(20-7-6-12-4-5-13(9-20)17-12)11-2-1-3-14(8-11)21-10-16-18-19-21;/h1-3,8,10,12-13,17H,4-7,9H2;1H. The van der Waals surface area contributed by atoms with E-state index in [9.17, 15) is 4.79 Å². The quantitative estimate of drug-likeness (QED) is 0.888. The highest BCUT2D eigenvalue weighted by Gasteiger charge is 2.31. The molecule has 2 bridgehead atoms. The van der Waals surface area contributed by atoms with Crippen LogP contribution < -0.4 is 5.32 Å². The van der Waals surface area contributed by atoms with Crippen molar-refractivity contribution in [2.24, 2.45) is 0 Å². The lowest BCUT2D eigenvalue weighted by molar-refractivity contribution is 0.0748. The van der Waals surface area contributed by atoms with E-state index in [1.165, 1.54) is 19.2 Å². The van der Waals surface area contributed by atoms with E-state index in [1.807, 2.05) is 29.2 Å². The molecule has 3 heterocycles. The molecule has 2 aliphatic rings. The van der Waals surface area contributed by atoms with Gasteiger partial charge in [0, 0.05) is 30.7 Å². The van der Waals surface area contributed by atoms with Crippen molar-refractivity contribution < 1.29 is 4.79 Å². The molecule has 2 aromatic rings. The van der Waals surface area contributed by atoms with Gasteiger partial charge >= 0.3 is 0 Å². The van der Waals surface area contributed by atoms with E-state index in [0.717, 1.165) is 25.2 Å². The summed E-state index contributed by atoms with van der Waals surface area (Å²) < 4.78 is 1.56. The number of benzene rings is 1. The van der Waals surface area contributed by atoms with Crippen LogP contribution in [0.4, 0.5) is 0 Å². The highest BCUT2D eigenvalue weighted by atomic mass is 35.5. The molecular weight excluding hydrogens is 316 g/mol. The Morgan fingerprint density at radius 2 is 2.09 bits per heavy atom. The van der Waals surface area contributed by atoms with Gasteiger partial charge in [0.25, 0.3) is 5.91 Å². The second-order valence-electron chi connectivity index (χ2n) is 5.98. The molecule has 1 aromatic heterocycles. The minimum Gasteiger partial charge on any atom is -0.337 e. The minimum absolute atomic E-state index is 0. The van der Waals surface area contributed by atoms with Crippen molar-refractivity contribution in [3.05, 3.63) is 36.2 Å². The molecule has 8 heteroatoms. The van der Waals surface area contributed by atoms with Crippen LogP contribution in [0.2, 0.25) is 0 Å². The number of aromatic nitrogens is 4. The van der Waals surface area contributed by atoms with Gasteiger partial charge in [-0.2, -0.15) is 0 Å². The van der Waals surface area contributed by atoms with E-state index in [1.54, 1.807) is 4.68 Å². The first-order valence-electron chi connectivity index (χ1n) is 7.68. The number of hydrogen-bond acceptors (Lipinski definition) is 5. The first-order chi connectivity index (χ1) is 10.8. The van der Waals surface area contributed by atoms with Gasteiger partial charge in [-0.15, -0.1) is 17.5 Å². The molecule has 2 fully saturated rings. The number of hydrogen-bond donors (Lipinski definition) is 1. The van der Waals surface area contributed by atoms with E-state index in [4.69, 9.17) is 0 Å². The summed E-state index contributed by atoms with van der Waals surface area (Å²) in [7, 11) is 0. The number of likely N-dealkylation sites (tertiary alicyclic amines) is 1. The van der Waals surface area contributed by atoms with Crippen LogP contribution in [0.25, 0.3) is 5.69 Å². The van der Waals surface area contributed by atoms with E-state index >= 15 is 0 Å². The lowest BCUT2D eigenvalue weighted by atomic mass is 10.1. The van der Waals surface area contributed by atoms with Crippen molar-refractivity contribution in [2.45, 2.75) is 31.3 Å². The lowest BCUT2D eigenvalue weighted by Gasteiger charge is -2.24. The molecule has 2 unspecified atom stereocenters. The molecule has 0 radical (unpaired) electrons. The topological polar surface area (TPSA) is 75.9 Å². The average molecular weight is 335 g/mol. The van der Waals surface area contributed by atoms with Gasteiger partial charge in [-0.1, -0.05) is 6.07 Å². The maximum absolute atomic E-state index is 12.8. The molecule has 0 saturated carbocycles. The molecule has 1 aromatic carbocycles. The summed E-state index contributed by atoms with van der Waals surface area (Å²) in [6.07, 6.45) is 4.97. The zero-order valence-electron chi connectivity index (χ0n) is 12.6. The lowest BCUT2D eigenvalue weighted by Crippen LogP contribution is -2.39. The molecule has 4 rings (SSSR count). The largest absolute Gasteiger partial charge is 0.337 e. The zero-order valence-corrected chi connectivity index (χ0v) is 13.4. The average Bonchev–Trinajstić information content (AvgIpc) is 3.17. The van der Waals surface area contributed by atoms with Gasteiger partial charge in [-0.05, 0) is 47.9 Å². The Labute approximate surface area is 140 Å². The second kappa shape index (κ2) is 6.64. The van der Waals surface area contributed by atoms with Crippen molar-refractivity contribution in [2.75, 3.05) is 13.1 Å². The minimum atomic E-state index is 0. The molecule has 2 atom stereocenters. The molecule has 7 nitrogen and oxygen atoms in total. The van der Waals surface area contributed by atoms with Crippen molar-refractivity contribution in [1.29, 1.82) is 0 Å². The van der Waals surface area contributed by atoms with Gasteiger partial charge in [0.2, 0.25) is 0 Å². The normalized spacial score (nSPS) is 23.2. The predicted molar refractivity (Wildman–Crippen MR) is 86.9 cm³/mol. The number of carbonyl (C=O) groups excluding carboxylic acids is 1. The van der Waals surface area contributed by atoms with E-state index < -0.39 is 0 Å². The van der Waals surface area contributed by atoms with Crippen molar-refractivity contribution in [3.63, 3.8) is 0 Å². The van der Waals surface area contributed by atoms with Crippen LogP contribution in [0.1, 0.15) is 29.6 Å². The molecule has 2 aliphatic heterocycles. The van der Waals surface area contributed by atoms with Gasteiger partial charge in [0.15, 0.2) is 0 Å². The fourth-order valence-electron chi connectivity index (χ4n) is 3.37. The molecule has 1 amide bonds. The van der Waals surface area contributed by atoms with Crippen LogP contribution in [-0.2, 0) is 0 Å². The number of fused-ring (bicyclic) bond motifs is 2. The van der Waals surface area contributed by atoms with Crippen LogP contribution in [0, 0.1) is 0 Å². The monoisotopic (exact) mass is 334 g/mol. The number of tetrazole rings is 1. The number of amides is 1. The number of nitrogens with zero attached hydrogens (tertiary/aromatic N) is 5. The second-order valence-corrected chi connectivity index (χ2v) is 5.98. The Hall–Kier alpha value is -1.99. The maximum Gasteiger partial charge on any atom is 0.253 e. The Kier molecular flexibility index (Phi) is 4.58.